The Morgan fingerprint density at radius 1 is 0.517 bits per heavy atom. The number of allylic oxidation sites excluding steroid dienone is 6. The molecule has 0 saturated heterocycles. The number of phosphoric acid groups is 1. The first kappa shape index (κ1) is 56.1. The number of phosphoric ester groups is 1. The zero-order valence-corrected chi connectivity index (χ0v) is 37.9. The second-order valence-electron chi connectivity index (χ2n) is 16.3. The number of ether oxygens (including phenoxy) is 2. The molecule has 0 aromatic carbocycles. The van der Waals surface area contributed by atoms with E-state index in [-0.39, 0.29) is 12.8 Å². The first-order chi connectivity index (χ1) is 28.9. The second kappa shape index (κ2) is 36.5. The maximum Gasteiger partial charge on any atom is 0.472 e. The molecule has 1 saturated carbocycles. The highest BCUT2D eigenvalue weighted by Crippen LogP contribution is 2.47. The second-order valence-corrected chi connectivity index (χ2v) is 17.7. The van der Waals surface area contributed by atoms with Crippen LogP contribution in [0.15, 0.2) is 36.5 Å². The third-order valence-electron chi connectivity index (χ3n) is 10.7. The Hall–Kier alpha value is -1.93. The van der Waals surface area contributed by atoms with Crippen molar-refractivity contribution in [3.05, 3.63) is 36.5 Å². The summed E-state index contributed by atoms with van der Waals surface area (Å²) in [5.41, 5.74) is 0. The van der Waals surface area contributed by atoms with E-state index in [1.54, 1.807) is 0 Å². The number of aliphatic hydroxyl groups excluding tert-OH is 5. The number of aliphatic hydroxyl groups is 5. The lowest BCUT2D eigenvalue weighted by Crippen LogP contribution is -2.64. The Morgan fingerprint density at radius 2 is 0.900 bits per heavy atom. The molecule has 13 nitrogen and oxygen atoms in total. The minimum atomic E-state index is -5.12. The van der Waals surface area contributed by atoms with Crippen molar-refractivity contribution in [1.29, 1.82) is 0 Å². The molecule has 0 spiro atoms. The van der Waals surface area contributed by atoms with Crippen LogP contribution < -0.4 is 0 Å². The Bertz CT molecular complexity index is 1190. The van der Waals surface area contributed by atoms with Gasteiger partial charge in [-0.25, -0.2) is 4.57 Å². The van der Waals surface area contributed by atoms with Crippen molar-refractivity contribution in [2.45, 2.75) is 230 Å². The van der Waals surface area contributed by atoms with Crippen LogP contribution in [0.25, 0.3) is 0 Å². The van der Waals surface area contributed by atoms with Gasteiger partial charge in [0, 0.05) is 12.8 Å². The topological polar surface area (TPSA) is 210 Å². The van der Waals surface area contributed by atoms with Gasteiger partial charge in [0.2, 0.25) is 0 Å². The van der Waals surface area contributed by atoms with Crippen molar-refractivity contribution in [2.75, 3.05) is 13.2 Å². The van der Waals surface area contributed by atoms with E-state index in [4.69, 9.17) is 18.5 Å². The summed E-state index contributed by atoms with van der Waals surface area (Å²) < 4.78 is 33.5. The molecule has 0 radical (unpaired) electrons. The maximum atomic E-state index is 12.8. The first-order valence-corrected chi connectivity index (χ1v) is 24.8. The molecule has 0 bridgehead atoms. The Labute approximate surface area is 361 Å². The highest BCUT2D eigenvalue weighted by atomic mass is 31.2. The maximum absolute atomic E-state index is 12.8. The van der Waals surface area contributed by atoms with Crippen molar-refractivity contribution >= 4 is 19.8 Å². The number of carbonyl (C=O) groups is 2. The van der Waals surface area contributed by atoms with E-state index in [2.05, 4.69) is 50.3 Å². The molecule has 6 N–H and O–H groups in total. The van der Waals surface area contributed by atoms with Crippen molar-refractivity contribution in [3.8, 4) is 0 Å². The van der Waals surface area contributed by atoms with E-state index >= 15 is 0 Å². The fourth-order valence-corrected chi connectivity index (χ4v) is 7.87. The molecule has 1 aliphatic carbocycles. The van der Waals surface area contributed by atoms with Gasteiger partial charge < -0.3 is 39.9 Å². The van der Waals surface area contributed by atoms with E-state index in [0.29, 0.717) is 12.8 Å². The molecule has 0 heterocycles. The summed E-state index contributed by atoms with van der Waals surface area (Å²) in [6, 6.07) is 0. The molecule has 6 unspecified atom stereocenters. The molecule has 350 valence electrons. The molecule has 1 fully saturated rings. The zero-order chi connectivity index (χ0) is 44.3. The van der Waals surface area contributed by atoms with E-state index in [9.17, 15) is 44.6 Å². The molecule has 0 aromatic heterocycles. The normalized spacial score (nSPS) is 22.5. The van der Waals surface area contributed by atoms with Gasteiger partial charge in [0.15, 0.2) is 6.10 Å². The van der Waals surface area contributed by atoms with E-state index < -0.39 is 75.7 Å². The van der Waals surface area contributed by atoms with Gasteiger partial charge in [-0.15, -0.1) is 0 Å². The van der Waals surface area contributed by atoms with Crippen molar-refractivity contribution in [3.63, 3.8) is 0 Å². The van der Waals surface area contributed by atoms with Crippen LogP contribution in [0.4, 0.5) is 0 Å². The quantitative estimate of drug-likeness (QED) is 0.0148. The van der Waals surface area contributed by atoms with Crippen LogP contribution in [0.1, 0.15) is 187 Å². The number of hydrogen-bond donors (Lipinski definition) is 6. The number of esters is 2. The van der Waals surface area contributed by atoms with Crippen LogP contribution in [0.3, 0.4) is 0 Å². The van der Waals surface area contributed by atoms with Crippen molar-refractivity contribution in [1.82, 2.24) is 0 Å². The highest BCUT2D eigenvalue weighted by Gasteiger charge is 2.51. The van der Waals surface area contributed by atoms with Gasteiger partial charge >= 0.3 is 19.8 Å². The molecule has 1 aliphatic rings. The van der Waals surface area contributed by atoms with Crippen LogP contribution in [-0.4, -0.2) is 98.3 Å². The van der Waals surface area contributed by atoms with Crippen LogP contribution in [-0.2, 0) is 32.7 Å². The molecular weight excluding hydrogens is 791 g/mol. The Balaban J connectivity index is 2.46. The molecule has 6 atom stereocenters. The van der Waals surface area contributed by atoms with E-state index in [0.717, 1.165) is 89.9 Å². The number of carbonyl (C=O) groups excluding carboxylic acids is 2. The third-order valence-corrected chi connectivity index (χ3v) is 11.7. The molecule has 0 aliphatic heterocycles. The molecule has 0 amide bonds. The SMILES string of the molecule is CCCCCC/C=C\C/C=C\CCCCCCCCCC(=O)OC(COC(=O)CCCCCCC/C=C\CCCCCC)COP(=O)(O)OC1C(O)C(O)C(O)C(O)C1O. The van der Waals surface area contributed by atoms with Crippen LogP contribution in [0.5, 0.6) is 0 Å². The average molecular weight is 875 g/mol. The van der Waals surface area contributed by atoms with Crippen LogP contribution >= 0.6 is 7.82 Å². The van der Waals surface area contributed by atoms with Crippen LogP contribution in [0.2, 0.25) is 0 Å². The molecule has 1 rings (SSSR count). The van der Waals surface area contributed by atoms with E-state index in [1.807, 2.05) is 0 Å². The molecule has 60 heavy (non-hydrogen) atoms. The molecular formula is C46H83O13P. The highest BCUT2D eigenvalue weighted by molar-refractivity contribution is 7.47. The fourth-order valence-electron chi connectivity index (χ4n) is 6.90. The molecule has 14 heteroatoms. The number of unbranched alkanes of at least 4 members (excludes halogenated alkanes) is 20. The standard InChI is InChI=1S/C46H83O13P/c1-3-5-7-9-11-13-15-17-18-19-20-21-23-25-27-29-31-33-35-40(48)58-38(37-57-60(54,55)59-46-44(52)42(50)41(49)43(51)45(46)53)36-56-39(47)34-32-30-28-26-24-22-16-14-12-10-8-6-4-2/h13-16,18-19,38,41-46,49-53H,3-12,17,20-37H2,1-2H3,(H,54,55)/b15-13-,16-14-,19-18-. The number of rotatable bonds is 38. The van der Waals surface area contributed by atoms with Crippen molar-refractivity contribution < 1.29 is 63.1 Å². The van der Waals surface area contributed by atoms with Crippen LogP contribution in [0, 0.1) is 0 Å². The Kier molecular flexibility index (Phi) is 34.2. The predicted octanol–water partition coefficient (Wildman–Crippen LogP) is 9.00. The van der Waals surface area contributed by atoms with Gasteiger partial charge in [0.25, 0.3) is 0 Å². The fraction of sp³-hybridized carbons (Fsp3) is 0.826. The van der Waals surface area contributed by atoms with Gasteiger partial charge in [0.1, 0.15) is 43.2 Å². The van der Waals surface area contributed by atoms with Gasteiger partial charge in [0.05, 0.1) is 6.61 Å². The summed E-state index contributed by atoms with van der Waals surface area (Å²) in [7, 11) is -5.12. The smallest absolute Gasteiger partial charge is 0.462 e. The Morgan fingerprint density at radius 3 is 1.37 bits per heavy atom. The van der Waals surface area contributed by atoms with E-state index in [1.165, 1.54) is 57.8 Å². The van der Waals surface area contributed by atoms with Gasteiger partial charge in [-0.3, -0.25) is 18.6 Å². The minimum Gasteiger partial charge on any atom is -0.462 e. The average Bonchev–Trinajstić information content (AvgIpc) is 3.23. The predicted molar refractivity (Wildman–Crippen MR) is 235 cm³/mol. The summed E-state index contributed by atoms with van der Waals surface area (Å²) >= 11 is 0. The lowest BCUT2D eigenvalue weighted by Gasteiger charge is -2.41. The van der Waals surface area contributed by atoms with Gasteiger partial charge in [-0.1, -0.05) is 140 Å². The first-order valence-electron chi connectivity index (χ1n) is 23.3. The third kappa shape index (κ3) is 28.6. The summed E-state index contributed by atoms with van der Waals surface area (Å²) in [5, 5.41) is 50.1. The van der Waals surface area contributed by atoms with Gasteiger partial charge in [-0.05, 0) is 70.6 Å². The summed E-state index contributed by atoms with van der Waals surface area (Å²) in [6.45, 7) is 3.25. The summed E-state index contributed by atoms with van der Waals surface area (Å²) in [6.07, 6.45) is 27.7. The number of hydrogen-bond acceptors (Lipinski definition) is 12. The van der Waals surface area contributed by atoms with Crippen molar-refractivity contribution in [2.24, 2.45) is 0 Å². The lowest BCUT2D eigenvalue weighted by molar-refractivity contribution is -0.220. The summed E-state index contributed by atoms with van der Waals surface area (Å²) in [5.74, 6) is -1.12. The largest absolute Gasteiger partial charge is 0.472 e. The molecule has 0 aromatic rings. The minimum absolute atomic E-state index is 0.0863. The summed E-state index contributed by atoms with van der Waals surface area (Å²) in [4.78, 5) is 35.7. The monoisotopic (exact) mass is 875 g/mol. The van der Waals surface area contributed by atoms with Gasteiger partial charge in [-0.2, -0.15) is 0 Å². The zero-order valence-electron chi connectivity index (χ0n) is 37.0. The lowest BCUT2D eigenvalue weighted by atomic mass is 9.85.